The molecule has 1 rings (SSSR count). The van der Waals surface area contributed by atoms with Crippen molar-refractivity contribution in [2.24, 2.45) is 11.7 Å². The van der Waals surface area contributed by atoms with E-state index in [1.807, 2.05) is 44.2 Å². The number of aliphatic hydroxyl groups is 1. The van der Waals surface area contributed by atoms with E-state index in [0.717, 1.165) is 5.56 Å². The van der Waals surface area contributed by atoms with E-state index in [-0.39, 0.29) is 24.5 Å². The fraction of sp³-hybridized carbons (Fsp3) is 0.500. The number of carbonyl (C=O) groups is 1. The van der Waals surface area contributed by atoms with Gasteiger partial charge in [0.1, 0.15) is 0 Å². The van der Waals surface area contributed by atoms with Crippen LogP contribution >= 0.6 is 0 Å². The van der Waals surface area contributed by atoms with E-state index in [4.69, 9.17) is 10.8 Å². The first-order valence-corrected chi connectivity index (χ1v) is 6.25. The van der Waals surface area contributed by atoms with Gasteiger partial charge in [-0.25, -0.2) is 0 Å². The van der Waals surface area contributed by atoms with Gasteiger partial charge in [-0.1, -0.05) is 44.2 Å². The molecule has 4 nitrogen and oxygen atoms in total. The molecule has 2 atom stereocenters. The maximum atomic E-state index is 11.9. The molecule has 0 heterocycles. The van der Waals surface area contributed by atoms with Gasteiger partial charge in [0.05, 0.1) is 18.7 Å². The highest BCUT2D eigenvalue weighted by Gasteiger charge is 2.19. The number of amides is 1. The fourth-order valence-electron chi connectivity index (χ4n) is 1.67. The molecule has 0 aromatic heterocycles. The van der Waals surface area contributed by atoms with Crippen molar-refractivity contribution in [3.8, 4) is 0 Å². The monoisotopic (exact) mass is 250 g/mol. The Morgan fingerprint density at radius 3 is 2.44 bits per heavy atom. The van der Waals surface area contributed by atoms with Crippen LogP contribution in [0.2, 0.25) is 0 Å². The molecule has 1 aromatic rings. The van der Waals surface area contributed by atoms with Crippen LogP contribution in [0.15, 0.2) is 30.3 Å². The van der Waals surface area contributed by atoms with Gasteiger partial charge in [-0.3, -0.25) is 4.79 Å². The number of hydrogen-bond donors (Lipinski definition) is 3. The van der Waals surface area contributed by atoms with Gasteiger partial charge in [0.25, 0.3) is 0 Å². The van der Waals surface area contributed by atoms with Gasteiger partial charge in [-0.05, 0) is 17.9 Å². The SMILES string of the molecule is CC(C)[C@@H](CO)NC(=O)C(N)Cc1ccccc1. The van der Waals surface area contributed by atoms with Gasteiger partial charge in [0, 0.05) is 0 Å². The number of nitrogens with one attached hydrogen (secondary N) is 1. The van der Waals surface area contributed by atoms with Crippen LogP contribution in [0.3, 0.4) is 0 Å². The molecule has 18 heavy (non-hydrogen) atoms. The summed E-state index contributed by atoms with van der Waals surface area (Å²) in [6.07, 6.45) is 0.503. The zero-order chi connectivity index (χ0) is 13.5. The average Bonchev–Trinajstić information content (AvgIpc) is 2.36. The standard InChI is InChI=1S/C14H22N2O2/c1-10(2)13(9-17)16-14(18)12(15)8-11-6-4-3-5-7-11/h3-7,10,12-13,17H,8-9,15H2,1-2H3,(H,16,18)/t12?,13-/m1/s1. The molecular weight excluding hydrogens is 228 g/mol. The lowest BCUT2D eigenvalue weighted by atomic mass is 10.0. The smallest absolute Gasteiger partial charge is 0.237 e. The highest BCUT2D eigenvalue weighted by molar-refractivity contribution is 5.82. The van der Waals surface area contributed by atoms with Gasteiger partial charge >= 0.3 is 0 Å². The van der Waals surface area contributed by atoms with Crippen molar-refractivity contribution in [2.75, 3.05) is 6.61 Å². The third-order valence-electron chi connectivity index (χ3n) is 2.96. The largest absolute Gasteiger partial charge is 0.394 e. The number of aliphatic hydroxyl groups excluding tert-OH is 1. The van der Waals surface area contributed by atoms with Crippen molar-refractivity contribution in [1.82, 2.24) is 5.32 Å². The molecule has 0 fully saturated rings. The van der Waals surface area contributed by atoms with Crippen molar-refractivity contribution < 1.29 is 9.90 Å². The maximum absolute atomic E-state index is 11.9. The molecule has 4 heteroatoms. The summed E-state index contributed by atoms with van der Waals surface area (Å²) in [5.74, 6) is -0.0329. The van der Waals surface area contributed by atoms with E-state index < -0.39 is 6.04 Å². The van der Waals surface area contributed by atoms with Crippen LogP contribution in [-0.2, 0) is 11.2 Å². The number of nitrogens with two attached hydrogens (primary N) is 1. The first-order valence-electron chi connectivity index (χ1n) is 6.25. The molecule has 4 N–H and O–H groups in total. The lowest BCUT2D eigenvalue weighted by Gasteiger charge is -2.22. The zero-order valence-corrected chi connectivity index (χ0v) is 11.0. The number of carbonyl (C=O) groups excluding carboxylic acids is 1. The molecule has 0 bridgehead atoms. The van der Waals surface area contributed by atoms with Crippen LogP contribution < -0.4 is 11.1 Å². The lowest BCUT2D eigenvalue weighted by Crippen LogP contribution is -2.49. The van der Waals surface area contributed by atoms with Crippen molar-refractivity contribution in [3.63, 3.8) is 0 Å². The van der Waals surface area contributed by atoms with Crippen molar-refractivity contribution in [2.45, 2.75) is 32.4 Å². The topological polar surface area (TPSA) is 75.3 Å². The molecule has 1 unspecified atom stereocenters. The summed E-state index contributed by atoms with van der Waals surface area (Å²) in [5, 5.41) is 11.9. The van der Waals surface area contributed by atoms with Gasteiger partial charge in [0.2, 0.25) is 5.91 Å². The molecule has 0 radical (unpaired) electrons. The Labute approximate surface area is 108 Å². The number of hydrogen-bond acceptors (Lipinski definition) is 3. The minimum atomic E-state index is -0.583. The van der Waals surface area contributed by atoms with Crippen molar-refractivity contribution in [3.05, 3.63) is 35.9 Å². The molecule has 0 aliphatic heterocycles. The first kappa shape index (κ1) is 14.7. The summed E-state index contributed by atoms with van der Waals surface area (Å²) in [6, 6.07) is 8.84. The van der Waals surface area contributed by atoms with Crippen molar-refractivity contribution in [1.29, 1.82) is 0 Å². The van der Waals surface area contributed by atoms with Gasteiger partial charge in [0.15, 0.2) is 0 Å². The highest BCUT2D eigenvalue weighted by atomic mass is 16.3. The van der Waals surface area contributed by atoms with Crippen LogP contribution in [0.5, 0.6) is 0 Å². The summed E-state index contributed by atoms with van der Waals surface area (Å²) in [4.78, 5) is 11.9. The summed E-state index contributed by atoms with van der Waals surface area (Å²) in [6.45, 7) is 3.83. The molecule has 0 saturated carbocycles. The molecule has 0 spiro atoms. The first-order chi connectivity index (χ1) is 8.54. The minimum absolute atomic E-state index is 0.0680. The third kappa shape index (κ3) is 4.47. The van der Waals surface area contributed by atoms with E-state index in [9.17, 15) is 4.79 Å². The average molecular weight is 250 g/mol. The lowest BCUT2D eigenvalue weighted by molar-refractivity contribution is -0.123. The summed E-state index contributed by atoms with van der Waals surface area (Å²) >= 11 is 0. The number of benzene rings is 1. The molecule has 1 aromatic carbocycles. The summed E-state index contributed by atoms with van der Waals surface area (Å²) < 4.78 is 0. The Hall–Kier alpha value is -1.39. The molecular formula is C14H22N2O2. The zero-order valence-electron chi connectivity index (χ0n) is 11.0. The number of rotatable bonds is 6. The van der Waals surface area contributed by atoms with Crippen LogP contribution in [0.1, 0.15) is 19.4 Å². The highest BCUT2D eigenvalue weighted by Crippen LogP contribution is 2.04. The van der Waals surface area contributed by atoms with Gasteiger partial charge in [-0.2, -0.15) is 0 Å². The van der Waals surface area contributed by atoms with E-state index in [1.165, 1.54) is 0 Å². The molecule has 0 aliphatic carbocycles. The van der Waals surface area contributed by atoms with E-state index in [0.29, 0.717) is 6.42 Å². The molecule has 0 aliphatic rings. The Balaban J connectivity index is 2.51. The Bertz CT molecular complexity index is 365. The second-order valence-electron chi connectivity index (χ2n) is 4.84. The maximum Gasteiger partial charge on any atom is 0.237 e. The summed E-state index contributed by atoms with van der Waals surface area (Å²) in [5.41, 5.74) is 6.89. The van der Waals surface area contributed by atoms with Crippen molar-refractivity contribution >= 4 is 5.91 Å². The summed E-state index contributed by atoms with van der Waals surface area (Å²) in [7, 11) is 0. The molecule has 0 saturated heterocycles. The second-order valence-corrected chi connectivity index (χ2v) is 4.84. The van der Waals surface area contributed by atoms with E-state index in [1.54, 1.807) is 0 Å². The van der Waals surface area contributed by atoms with Crippen LogP contribution in [0, 0.1) is 5.92 Å². The van der Waals surface area contributed by atoms with E-state index in [2.05, 4.69) is 5.32 Å². The predicted octanol–water partition coefficient (Wildman–Crippen LogP) is 0.690. The third-order valence-corrected chi connectivity index (χ3v) is 2.96. The Kier molecular flexibility index (Phi) is 5.82. The van der Waals surface area contributed by atoms with E-state index >= 15 is 0 Å². The second kappa shape index (κ2) is 7.13. The van der Waals surface area contributed by atoms with Crippen LogP contribution in [0.4, 0.5) is 0 Å². The fourth-order valence-corrected chi connectivity index (χ4v) is 1.67. The Morgan fingerprint density at radius 1 is 1.33 bits per heavy atom. The van der Waals surface area contributed by atoms with Crippen LogP contribution in [-0.4, -0.2) is 29.7 Å². The van der Waals surface area contributed by atoms with Gasteiger partial charge in [-0.15, -0.1) is 0 Å². The van der Waals surface area contributed by atoms with Gasteiger partial charge < -0.3 is 16.2 Å². The molecule has 1 amide bonds. The predicted molar refractivity (Wildman–Crippen MR) is 72.0 cm³/mol. The quantitative estimate of drug-likeness (QED) is 0.695. The normalized spacial score (nSPS) is 14.3. The molecule has 100 valence electrons. The minimum Gasteiger partial charge on any atom is -0.394 e. The Morgan fingerprint density at radius 2 is 1.94 bits per heavy atom. The van der Waals surface area contributed by atoms with Crippen LogP contribution in [0.25, 0.3) is 0 Å².